The molecule has 4 saturated carbocycles. The van der Waals surface area contributed by atoms with E-state index >= 15 is 0 Å². The number of rotatable bonds is 24. The highest BCUT2D eigenvalue weighted by Crippen LogP contribution is 2.45. The number of furan rings is 4. The van der Waals surface area contributed by atoms with Gasteiger partial charge in [0.05, 0.1) is 100 Å². The van der Waals surface area contributed by atoms with Crippen LogP contribution in [0.4, 0.5) is 0 Å². The number of carbonyl (C=O) groups is 8. The first-order chi connectivity index (χ1) is 61.2. The number of Topliss-reactive ketones (excluding diaryl/α,β-unsaturated/α-hetero) is 8. The molecule has 126 heavy (non-hydrogen) atoms. The standard InChI is InChI=1S/2C25H27NO6S.2C25H27NO4/c2*27-18-3-5-21(23(28)15-18)22-16-32-24-7-2-17-14-19(4-6-20(17)25(22)24)31-11-1-8-26-9-12-33(29,30)13-10-26;2*27-18-5-7-21(23(28)15-18)22-16-30-24-9-4-17-14-19(6-8-20(17)25(22)24)29-13-3-12-26-10-1-2-11-26/h2*2,4,6-7,14,16,21H,1,3,5,8-13,15H2;2*4,6,8-9,14,16,21H,1-3,5,7,10-13,15H2/t4*21-/m1010/s1. The molecule has 8 aliphatic rings. The van der Waals surface area contributed by atoms with Gasteiger partial charge in [-0.25, -0.2) is 16.8 Å². The van der Waals surface area contributed by atoms with Crippen molar-refractivity contribution in [2.45, 2.75) is 152 Å². The first kappa shape index (κ1) is 87.3. The van der Waals surface area contributed by atoms with Crippen LogP contribution >= 0.6 is 0 Å². The molecule has 0 unspecified atom stereocenters. The Kier molecular flexibility index (Phi) is 27.2. The topological polar surface area (TPSA) is 307 Å². The maximum Gasteiger partial charge on any atom is 0.152 e. The summed E-state index contributed by atoms with van der Waals surface area (Å²) in [6, 6.07) is 39.9. The Bertz CT molecular complexity index is 5950. The predicted molar refractivity (Wildman–Crippen MR) is 483 cm³/mol. The fourth-order valence-electron chi connectivity index (χ4n) is 19.5. The van der Waals surface area contributed by atoms with E-state index in [1.807, 2.05) is 97.1 Å². The zero-order valence-electron chi connectivity index (χ0n) is 71.2. The van der Waals surface area contributed by atoms with Crippen LogP contribution < -0.4 is 18.9 Å². The Hall–Kier alpha value is -10.7. The Labute approximate surface area is 731 Å². The monoisotopic (exact) mass is 1750 g/mol. The number of hydrogen-bond donors (Lipinski definition) is 0. The van der Waals surface area contributed by atoms with Crippen LogP contribution in [0.5, 0.6) is 23.0 Å². The van der Waals surface area contributed by atoms with E-state index in [0.717, 1.165) is 184 Å². The molecule has 0 amide bonds. The average Bonchev–Trinajstić information content (AvgIpc) is 1.67. The number of sulfone groups is 2. The van der Waals surface area contributed by atoms with Crippen LogP contribution in [0, 0.1) is 0 Å². The minimum Gasteiger partial charge on any atom is -0.494 e. The summed E-state index contributed by atoms with van der Waals surface area (Å²) >= 11 is 0. The van der Waals surface area contributed by atoms with Crippen molar-refractivity contribution < 1.29 is 91.8 Å². The van der Waals surface area contributed by atoms with Crippen molar-refractivity contribution >= 4 is 153 Å². The van der Waals surface area contributed by atoms with Gasteiger partial charge >= 0.3 is 0 Å². The van der Waals surface area contributed by atoms with E-state index in [2.05, 4.69) is 43.9 Å². The van der Waals surface area contributed by atoms with Gasteiger partial charge in [-0.3, -0.25) is 38.4 Å². The van der Waals surface area contributed by atoms with Crippen LogP contribution in [0.3, 0.4) is 0 Å². The number of ether oxygens (including phenoxy) is 4. The zero-order chi connectivity index (χ0) is 87.0. The molecule has 0 radical (unpaired) electrons. The maximum absolute atomic E-state index is 12.5. The molecule has 0 bridgehead atoms. The van der Waals surface area contributed by atoms with Crippen LogP contribution in [-0.2, 0) is 58.0 Å². The van der Waals surface area contributed by atoms with Crippen molar-refractivity contribution in [2.24, 2.45) is 0 Å². The van der Waals surface area contributed by atoms with E-state index < -0.39 is 19.7 Å². The number of fused-ring (bicyclic) bond motifs is 12. The van der Waals surface area contributed by atoms with E-state index in [-0.39, 0.29) is 119 Å². The highest BCUT2D eigenvalue weighted by molar-refractivity contribution is 7.91. The molecule has 4 atom stereocenters. The van der Waals surface area contributed by atoms with Gasteiger partial charge in [0.25, 0.3) is 0 Å². The van der Waals surface area contributed by atoms with Crippen LogP contribution in [0.25, 0.3) is 87.0 Å². The molecular weight excluding hydrogens is 1640 g/mol. The molecule has 4 saturated heterocycles. The fourth-order valence-corrected chi connectivity index (χ4v) is 22.1. The van der Waals surface area contributed by atoms with Crippen molar-refractivity contribution in [1.29, 1.82) is 0 Å². The summed E-state index contributed by atoms with van der Waals surface area (Å²) in [7, 11) is -5.70. The lowest BCUT2D eigenvalue weighted by Gasteiger charge is -2.26. The van der Waals surface area contributed by atoms with Crippen molar-refractivity contribution in [3.05, 3.63) is 169 Å². The SMILES string of the molecule is O=C1CC[C@@H](c2coc3ccc4cc(OCCCN5CCCC5)ccc4c23)C(=O)C1.O=C1CC[C@@H](c2coc3ccc4cc(OCCCN5CCS(=O)(=O)CC5)ccc4c23)C(=O)C1.O=C1CC[C@H](c2coc3ccc4cc(OCCCN5CCCC5)ccc4c23)C(=O)C1.O=C1CC[C@H](c2coc3ccc4cc(OCCCN5CCS(=O)(=O)CC5)ccc4c23)C(=O)C1. The maximum atomic E-state index is 12.5. The summed E-state index contributed by atoms with van der Waals surface area (Å²) in [5, 5.41) is 12.1. The summed E-state index contributed by atoms with van der Waals surface area (Å²) < 4.78 is 93.1. The lowest BCUT2D eigenvalue weighted by molar-refractivity contribution is -0.132. The van der Waals surface area contributed by atoms with Crippen molar-refractivity contribution in [3.8, 4) is 23.0 Å². The average molecular weight is 1750 g/mol. The lowest BCUT2D eigenvalue weighted by atomic mass is 9.81. The van der Waals surface area contributed by atoms with Crippen LogP contribution in [0.1, 0.15) is 174 Å². The van der Waals surface area contributed by atoms with E-state index in [1.165, 1.54) is 51.9 Å². The second-order valence-corrected chi connectivity index (χ2v) is 39.6. The molecule has 26 heteroatoms. The normalized spacial score (nSPS) is 21.1. The Morgan fingerprint density at radius 1 is 0.294 bits per heavy atom. The highest BCUT2D eigenvalue weighted by Gasteiger charge is 2.36. The summed E-state index contributed by atoms with van der Waals surface area (Å²) in [5.41, 5.74) is 6.58. The molecule has 660 valence electrons. The van der Waals surface area contributed by atoms with E-state index in [0.29, 0.717) is 104 Å². The number of likely N-dealkylation sites (tertiary alicyclic amines) is 2. The molecule has 12 aromatic rings. The van der Waals surface area contributed by atoms with Crippen molar-refractivity contribution in [2.75, 3.05) is 128 Å². The van der Waals surface area contributed by atoms with Crippen LogP contribution in [-0.4, -0.2) is 211 Å². The Morgan fingerprint density at radius 3 is 0.754 bits per heavy atom. The van der Waals surface area contributed by atoms with Gasteiger partial charge in [-0.1, -0.05) is 24.3 Å². The summed E-state index contributed by atoms with van der Waals surface area (Å²) in [6.45, 7) is 13.6. The van der Waals surface area contributed by atoms with Gasteiger partial charge in [0.1, 0.15) is 91.6 Å². The predicted octanol–water partition coefficient (Wildman–Crippen LogP) is 16.7. The van der Waals surface area contributed by atoms with Crippen LogP contribution in [0.15, 0.2) is 164 Å². The third kappa shape index (κ3) is 20.6. The summed E-state index contributed by atoms with van der Waals surface area (Å²) in [4.78, 5) is 106. The highest BCUT2D eigenvalue weighted by atomic mass is 32.2. The molecule has 0 N–H and O–H groups in total. The van der Waals surface area contributed by atoms with Crippen LogP contribution in [0.2, 0.25) is 0 Å². The molecule has 8 heterocycles. The quantitative estimate of drug-likeness (QED) is 0.0401. The van der Waals surface area contributed by atoms with E-state index in [4.69, 9.17) is 36.6 Å². The fraction of sp³-hybridized carbons (Fsp3) is 0.440. The molecule has 8 aromatic carbocycles. The first-order valence-electron chi connectivity index (χ1n) is 44.9. The van der Waals surface area contributed by atoms with Gasteiger partial charge < -0.3 is 56.2 Å². The Balaban J connectivity index is 0.000000119. The van der Waals surface area contributed by atoms with Gasteiger partial charge in [-0.15, -0.1) is 0 Å². The number of ketones is 8. The molecule has 24 nitrogen and oxygen atoms in total. The Morgan fingerprint density at radius 2 is 0.524 bits per heavy atom. The first-order valence-corrected chi connectivity index (χ1v) is 48.6. The van der Waals surface area contributed by atoms with Gasteiger partial charge in [-0.2, -0.15) is 0 Å². The van der Waals surface area contributed by atoms with Gasteiger partial charge in [0.2, 0.25) is 0 Å². The smallest absolute Gasteiger partial charge is 0.152 e. The number of benzene rings is 8. The number of carbonyl (C=O) groups excluding carboxylic acids is 8. The second-order valence-electron chi connectivity index (χ2n) is 35.0. The summed E-state index contributed by atoms with van der Waals surface area (Å²) in [6.07, 6.45) is 19.8. The lowest BCUT2D eigenvalue weighted by Crippen LogP contribution is -2.40. The molecule has 20 rings (SSSR count). The van der Waals surface area contributed by atoms with E-state index in [1.54, 1.807) is 25.1 Å². The van der Waals surface area contributed by atoms with Crippen molar-refractivity contribution in [3.63, 3.8) is 0 Å². The zero-order valence-corrected chi connectivity index (χ0v) is 72.9. The van der Waals surface area contributed by atoms with Gasteiger partial charge in [0.15, 0.2) is 19.7 Å². The van der Waals surface area contributed by atoms with Gasteiger partial charge in [0, 0.05) is 146 Å². The van der Waals surface area contributed by atoms with Crippen molar-refractivity contribution in [1.82, 2.24) is 19.6 Å². The minimum atomic E-state index is -2.85. The molecule has 0 spiro atoms. The minimum absolute atomic E-state index is 0.00362. The number of nitrogens with zero attached hydrogens (tertiary/aromatic N) is 4. The van der Waals surface area contributed by atoms with Gasteiger partial charge in [-0.05, 0) is 243 Å². The second kappa shape index (κ2) is 39.2. The molecule has 4 aromatic heterocycles. The third-order valence-corrected chi connectivity index (χ3v) is 29.6. The third-order valence-electron chi connectivity index (χ3n) is 26.4. The van der Waals surface area contributed by atoms with E-state index in [9.17, 15) is 55.2 Å². The number of hydrogen-bond acceptors (Lipinski definition) is 24. The molecular formula is C100H108N4O20S2. The summed E-state index contributed by atoms with van der Waals surface area (Å²) in [5.74, 6) is 3.21. The molecule has 4 aliphatic carbocycles. The molecule has 8 fully saturated rings. The molecule has 4 aliphatic heterocycles. The largest absolute Gasteiger partial charge is 0.494 e.